The van der Waals surface area contributed by atoms with Crippen LogP contribution in [0.4, 0.5) is 0 Å². The first kappa shape index (κ1) is 6.16. The summed E-state index contributed by atoms with van der Waals surface area (Å²) in [7, 11) is 0. The third-order valence-corrected chi connectivity index (χ3v) is 0.899. The lowest BCUT2D eigenvalue weighted by Crippen LogP contribution is -2.30. The second-order valence-corrected chi connectivity index (χ2v) is 1.57. The Morgan fingerprint density at radius 1 is 1.56 bits per heavy atom. The molecule has 0 aromatic heterocycles. The van der Waals surface area contributed by atoms with Gasteiger partial charge >= 0.3 is 0 Å². The van der Waals surface area contributed by atoms with Crippen LogP contribution < -0.4 is 5.43 Å². The highest BCUT2D eigenvalue weighted by atomic mass is 16.7. The number of nitrogens with one attached hydrogen (secondary N) is 1. The fourth-order valence-electron chi connectivity index (χ4n) is 0.562. The van der Waals surface area contributed by atoms with Crippen molar-refractivity contribution in [2.24, 2.45) is 0 Å². The largest absolute Gasteiger partial charge is 0.282 e. The van der Waals surface area contributed by atoms with Gasteiger partial charge in [0.2, 0.25) is 0 Å². The SMILES string of the molecule is CCON1C=CC=CN1. The van der Waals surface area contributed by atoms with Crippen molar-refractivity contribution in [2.75, 3.05) is 6.61 Å². The fraction of sp³-hybridized carbons (Fsp3) is 0.333. The van der Waals surface area contributed by atoms with Gasteiger partial charge in [0.1, 0.15) is 0 Å². The molecule has 0 saturated heterocycles. The molecular weight excluding hydrogens is 116 g/mol. The monoisotopic (exact) mass is 126 g/mol. The van der Waals surface area contributed by atoms with E-state index in [1.807, 2.05) is 25.3 Å². The Bertz CT molecular complexity index is 131. The predicted octanol–water partition coefficient (Wildman–Crippen LogP) is 0.785. The van der Waals surface area contributed by atoms with Crippen LogP contribution >= 0.6 is 0 Å². The van der Waals surface area contributed by atoms with Gasteiger partial charge in [0, 0.05) is 6.20 Å². The van der Waals surface area contributed by atoms with Crippen molar-refractivity contribution in [1.29, 1.82) is 0 Å². The maximum absolute atomic E-state index is 5.07. The molecule has 0 saturated carbocycles. The number of hydrazine groups is 1. The molecule has 1 rings (SSSR count). The van der Waals surface area contributed by atoms with E-state index in [0.717, 1.165) is 0 Å². The lowest BCUT2D eigenvalue weighted by molar-refractivity contribution is -0.143. The third kappa shape index (κ3) is 1.77. The Kier molecular flexibility index (Phi) is 2.15. The van der Waals surface area contributed by atoms with Crippen LogP contribution in [0.5, 0.6) is 0 Å². The zero-order valence-corrected chi connectivity index (χ0v) is 5.37. The van der Waals surface area contributed by atoms with E-state index in [0.29, 0.717) is 6.61 Å². The highest BCUT2D eigenvalue weighted by Gasteiger charge is 1.93. The first-order chi connectivity index (χ1) is 4.43. The third-order valence-electron chi connectivity index (χ3n) is 0.899. The van der Waals surface area contributed by atoms with Crippen LogP contribution in [0.1, 0.15) is 6.92 Å². The zero-order valence-electron chi connectivity index (χ0n) is 5.37. The van der Waals surface area contributed by atoms with Gasteiger partial charge in [-0.2, -0.15) is 5.17 Å². The quantitative estimate of drug-likeness (QED) is 0.592. The van der Waals surface area contributed by atoms with E-state index in [1.54, 1.807) is 11.4 Å². The minimum absolute atomic E-state index is 0.672. The molecule has 1 N–H and O–H groups in total. The van der Waals surface area contributed by atoms with Crippen molar-refractivity contribution >= 4 is 0 Å². The van der Waals surface area contributed by atoms with E-state index >= 15 is 0 Å². The molecule has 0 amide bonds. The van der Waals surface area contributed by atoms with E-state index < -0.39 is 0 Å². The van der Waals surface area contributed by atoms with Gasteiger partial charge in [0.05, 0.1) is 12.8 Å². The standard InChI is InChI=1S/C6H10N2O/c1-2-9-8-6-4-3-5-7-8/h3-7H,2H2,1H3. The molecule has 0 aliphatic carbocycles. The van der Waals surface area contributed by atoms with Gasteiger partial charge in [-0.1, -0.05) is 0 Å². The van der Waals surface area contributed by atoms with Crippen LogP contribution in [-0.2, 0) is 4.84 Å². The number of allylic oxidation sites excluding steroid dienone is 2. The number of rotatable bonds is 2. The fourth-order valence-corrected chi connectivity index (χ4v) is 0.562. The molecule has 1 aliphatic heterocycles. The van der Waals surface area contributed by atoms with Crippen molar-refractivity contribution in [3.05, 3.63) is 24.6 Å². The molecule has 1 heterocycles. The van der Waals surface area contributed by atoms with E-state index in [1.165, 1.54) is 0 Å². The molecule has 0 atom stereocenters. The van der Waals surface area contributed by atoms with E-state index in [2.05, 4.69) is 5.43 Å². The van der Waals surface area contributed by atoms with Gasteiger partial charge in [0.25, 0.3) is 0 Å². The summed E-state index contributed by atoms with van der Waals surface area (Å²) in [6.07, 6.45) is 7.40. The van der Waals surface area contributed by atoms with Crippen molar-refractivity contribution in [3.8, 4) is 0 Å². The molecule has 3 heteroatoms. The Morgan fingerprint density at radius 3 is 3.00 bits per heavy atom. The highest BCUT2D eigenvalue weighted by molar-refractivity contribution is 5.03. The van der Waals surface area contributed by atoms with Gasteiger partial charge in [-0.05, 0) is 19.1 Å². The van der Waals surface area contributed by atoms with Crippen molar-refractivity contribution in [3.63, 3.8) is 0 Å². The Balaban J connectivity index is 2.28. The number of hydroxylamine groups is 1. The average Bonchev–Trinajstić information content (AvgIpc) is 1.91. The second kappa shape index (κ2) is 3.14. The van der Waals surface area contributed by atoms with Crippen LogP contribution in [0.2, 0.25) is 0 Å². The number of nitrogens with zero attached hydrogens (tertiary/aromatic N) is 1. The van der Waals surface area contributed by atoms with Gasteiger partial charge in [0.15, 0.2) is 0 Å². The molecule has 0 aromatic rings. The molecular formula is C6H10N2O. The first-order valence-corrected chi connectivity index (χ1v) is 2.95. The number of hydrogen-bond acceptors (Lipinski definition) is 3. The molecule has 0 fully saturated rings. The van der Waals surface area contributed by atoms with Crippen LogP contribution in [-0.4, -0.2) is 11.8 Å². The molecule has 0 bridgehead atoms. The summed E-state index contributed by atoms with van der Waals surface area (Å²) in [4.78, 5) is 5.07. The van der Waals surface area contributed by atoms with Gasteiger partial charge < -0.3 is 0 Å². The molecule has 9 heavy (non-hydrogen) atoms. The van der Waals surface area contributed by atoms with Crippen molar-refractivity contribution < 1.29 is 4.84 Å². The maximum atomic E-state index is 5.07. The highest BCUT2D eigenvalue weighted by Crippen LogP contribution is 1.92. The summed E-state index contributed by atoms with van der Waals surface area (Å²) >= 11 is 0. The summed E-state index contributed by atoms with van der Waals surface area (Å²) in [6, 6.07) is 0. The van der Waals surface area contributed by atoms with Gasteiger partial charge in [-0.25, -0.2) is 0 Å². The topological polar surface area (TPSA) is 24.5 Å². The van der Waals surface area contributed by atoms with Gasteiger partial charge in [-0.3, -0.25) is 10.3 Å². The van der Waals surface area contributed by atoms with Crippen LogP contribution in [0.15, 0.2) is 24.6 Å². The minimum Gasteiger partial charge on any atom is -0.282 e. The van der Waals surface area contributed by atoms with Crippen LogP contribution in [0.25, 0.3) is 0 Å². The average molecular weight is 126 g/mol. The maximum Gasteiger partial charge on any atom is 0.0742 e. The summed E-state index contributed by atoms with van der Waals surface area (Å²) in [5.41, 5.74) is 2.86. The minimum atomic E-state index is 0.672. The normalized spacial score (nSPS) is 15.9. The lowest BCUT2D eigenvalue weighted by Gasteiger charge is -2.19. The Morgan fingerprint density at radius 2 is 2.44 bits per heavy atom. The molecule has 3 nitrogen and oxygen atoms in total. The number of hydrogen-bond donors (Lipinski definition) is 1. The summed E-state index contributed by atoms with van der Waals surface area (Å²) in [6.45, 7) is 2.61. The summed E-state index contributed by atoms with van der Waals surface area (Å²) in [5, 5.41) is 1.56. The van der Waals surface area contributed by atoms with Crippen LogP contribution in [0.3, 0.4) is 0 Å². The van der Waals surface area contributed by atoms with Crippen LogP contribution in [0, 0.1) is 0 Å². The first-order valence-electron chi connectivity index (χ1n) is 2.95. The Labute approximate surface area is 54.5 Å². The smallest absolute Gasteiger partial charge is 0.0742 e. The summed E-state index contributed by atoms with van der Waals surface area (Å²) < 4.78 is 0. The van der Waals surface area contributed by atoms with E-state index in [-0.39, 0.29) is 0 Å². The molecule has 1 aliphatic rings. The van der Waals surface area contributed by atoms with Gasteiger partial charge in [-0.15, -0.1) is 0 Å². The molecule has 0 unspecified atom stereocenters. The Hall–Kier alpha value is -0.960. The zero-order chi connectivity index (χ0) is 6.53. The predicted molar refractivity (Wildman–Crippen MR) is 34.9 cm³/mol. The lowest BCUT2D eigenvalue weighted by atomic mass is 10.5. The molecule has 0 radical (unpaired) electrons. The van der Waals surface area contributed by atoms with E-state index in [4.69, 9.17) is 4.84 Å². The molecule has 0 aromatic carbocycles. The van der Waals surface area contributed by atoms with E-state index in [9.17, 15) is 0 Å². The second-order valence-electron chi connectivity index (χ2n) is 1.57. The van der Waals surface area contributed by atoms with Crippen molar-refractivity contribution in [1.82, 2.24) is 10.6 Å². The molecule has 0 spiro atoms. The molecule has 50 valence electrons. The summed E-state index contributed by atoms with van der Waals surface area (Å²) in [5.74, 6) is 0. The van der Waals surface area contributed by atoms with Crippen molar-refractivity contribution in [2.45, 2.75) is 6.92 Å².